The van der Waals surface area contributed by atoms with E-state index < -0.39 is 5.60 Å². The predicted molar refractivity (Wildman–Crippen MR) is 65.1 cm³/mol. The molecule has 0 spiro atoms. The number of hydrogen-bond donors (Lipinski definition) is 2. The second kappa shape index (κ2) is 4.67. The molecule has 1 aromatic carbocycles. The van der Waals surface area contributed by atoms with Crippen molar-refractivity contribution in [3.05, 3.63) is 29.8 Å². The molecule has 0 aliphatic heterocycles. The molecule has 84 valence electrons. The average Bonchev–Trinajstić information content (AvgIpc) is 2.17. The number of hydrogen-bond acceptors (Lipinski definition) is 2. The first-order chi connectivity index (χ1) is 6.92. The molecular weight excluding hydrogens is 186 g/mol. The fourth-order valence-electron chi connectivity index (χ4n) is 1.16. The largest absolute Gasteiger partial charge is 0.388 e. The van der Waals surface area contributed by atoms with Crippen LogP contribution < -0.4 is 5.32 Å². The Morgan fingerprint density at radius 1 is 1.27 bits per heavy atom. The molecular formula is C13H21NO. The highest BCUT2D eigenvalue weighted by atomic mass is 16.3. The standard InChI is InChI=1S/C13H21NO/c1-10(2)13(4,15)9-14-12-7-5-11(3)6-8-12/h5-8,10,14-15H,9H2,1-4H3. The Balaban J connectivity index is 2.54. The number of aryl methyl sites for hydroxylation is 1. The van der Waals surface area contributed by atoms with E-state index in [0.29, 0.717) is 6.54 Å². The lowest BCUT2D eigenvalue weighted by Gasteiger charge is -2.28. The molecule has 15 heavy (non-hydrogen) atoms. The fraction of sp³-hybridized carbons (Fsp3) is 0.538. The molecule has 1 rings (SSSR count). The Hall–Kier alpha value is -1.02. The van der Waals surface area contributed by atoms with E-state index in [1.54, 1.807) is 0 Å². The van der Waals surface area contributed by atoms with Crippen LogP contribution in [-0.2, 0) is 0 Å². The average molecular weight is 207 g/mol. The van der Waals surface area contributed by atoms with Gasteiger partial charge in [0.15, 0.2) is 0 Å². The van der Waals surface area contributed by atoms with Crippen molar-refractivity contribution >= 4 is 5.69 Å². The summed E-state index contributed by atoms with van der Waals surface area (Å²) in [6.45, 7) is 8.55. The highest BCUT2D eigenvalue weighted by Gasteiger charge is 2.24. The first-order valence-corrected chi connectivity index (χ1v) is 5.45. The topological polar surface area (TPSA) is 32.3 Å². The molecule has 0 amide bonds. The predicted octanol–water partition coefficient (Wildman–Crippen LogP) is 2.81. The Morgan fingerprint density at radius 2 is 1.80 bits per heavy atom. The maximum atomic E-state index is 10.0. The Morgan fingerprint density at radius 3 is 2.27 bits per heavy atom. The maximum Gasteiger partial charge on any atom is 0.0813 e. The van der Waals surface area contributed by atoms with Crippen LogP contribution in [0.1, 0.15) is 26.3 Å². The minimum absolute atomic E-state index is 0.246. The molecule has 0 heterocycles. The maximum absolute atomic E-state index is 10.0. The molecule has 0 aliphatic rings. The lowest BCUT2D eigenvalue weighted by molar-refractivity contribution is 0.0266. The van der Waals surface area contributed by atoms with Crippen molar-refractivity contribution < 1.29 is 5.11 Å². The Kier molecular flexibility index (Phi) is 3.75. The summed E-state index contributed by atoms with van der Waals surface area (Å²) in [6.07, 6.45) is 0. The Labute approximate surface area is 92.3 Å². The van der Waals surface area contributed by atoms with Crippen LogP contribution in [-0.4, -0.2) is 17.3 Å². The molecule has 0 aliphatic carbocycles. The number of nitrogens with one attached hydrogen (secondary N) is 1. The van der Waals surface area contributed by atoms with Crippen LogP contribution in [0.5, 0.6) is 0 Å². The van der Waals surface area contributed by atoms with Gasteiger partial charge in [0.25, 0.3) is 0 Å². The van der Waals surface area contributed by atoms with E-state index in [1.807, 2.05) is 32.9 Å². The van der Waals surface area contributed by atoms with E-state index in [2.05, 4.69) is 24.4 Å². The zero-order chi connectivity index (χ0) is 11.5. The quantitative estimate of drug-likeness (QED) is 0.795. The van der Waals surface area contributed by atoms with Crippen molar-refractivity contribution in [1.29, 1.82) is 0 Å². The summed E-state index contributed by atoms with van der Waals surface area (Å²) in [4.78, 5) is 0. The van der Waals surface area contributed by atoms with Crippen molar-refractivity contribution in [2.75, 3.05) is 11.9 Å². The summed E-state index contributed by atoms with van der Waals surface area (Å²) in [5.74, 6) is 0.246. The Bertz CT molecular complexity index is 301. The molecule has 2 N–H and O–H groups in total. The van der Waals surface area contributed by atoms with Crippen LogP contribution in [0.15, 0.2) is 24.3 Å². The molecule has 2 nitrogen and oxygen atoms in total. The first kappa shape index (κ1) is 12.1. The van der Waals surface area contributed by atoms with Gasteiger partial charge in [-0.05, 0) is 31.9 Å². The molecule has 2 heteroatoms. The molecule has 0 saturated carbocycles. The third kappa shape index (κ3) is 3.56. The van der Waals surface area contributed by atoms with Gasteiger partial charge in [0, 0.05) is 12.2 Å². The van der Waals surface area contributed by atoms with E-state index in [-0.39, 0.29) is 5.92 Å². The highest BCUT2D eigenvalue weighted by molar-refractivity contribution is 5.44. The number of benzene rings is 1. The number of anilines is 1. The lowest BCUT2D eigenvalue weighted by Crippen LogP contribution is -2.38. The third-order valence-corrected chi connectivity index (χ3v) is 2.95. The first-order valence-electron chi connectivity index (χ1n) is 5.45. The van der Waals surface area contributed by atoms with Crippen LogP contribution in [0.2, 0.25) is 0 Å². The third-order valence-electron chi connectivity index (χ3n) is 2.95. The van der Waals surface area contributed by atoms with E-state index in [0.717, 1.165) is 5.69 Å². The SMILES string of the molecule is Cc1ccc(NCC(C)(O)C(C)C)cc1. The molecule has 0 aromatic heterocycles. The summed E-state index contributed by atoms with van der Waals surface area (Å²) in [5, 5.41) is 13.3. The second-order valence-corrected chi connectivity index (χ2v) is 4.73. The zero-order valence-corrected chi connectivity index (χ0v) is 10.0. The minimum Gasteiger partial charge on any atom is -0.388 e. The molecule has 0 bridgehead atoms. The van der Waals surface area contributed by atoms with Gasteiger partial charge >= 0.3 is 0 Å². The normalized spacial score (nSPS) is 15.1. The molecule has 0 radical (unpaired) electrons. The second-order valence-electron chi connectivity index (χ2n) is 4.73. The summed E-state index contributed by atoms with van der Waals surface area (Å²) >= 11 is 0. The van der Waals surface area contributed by atoms with Crippen LogP contribution in [0, 0.1) is 12.8 Å². The monoisotopic (exact) mass is 207 g/mol. The van der Waals surface area contributed by atoms with Crippen LogP contribution in [0.4, 0.5) is 5.69 Å². The summed E-state index contributed by atoms with van der Waals surface area (Å²) in [7, 11) is 0. The van der Waals surface area contributed by atoms with Gasteiger partial charge < -0.3 is 10.4 Å². The highest BCUT2D eigenvalue weighted by Crippen LogP contribution is 2.17. The molecule has 0 saturated heterocycles. The molecule has 1 unspecified atom stereocenters. The van der Waals surface area contributed by atoms with Crippen LogP contribution >= 0.6 is 0 Å². The summed E-state index contributed by atoms with van der Waals surface area (Å²) in [5.41, 5.74) is 1.64. The van der Waals surface area contributed by atoms with Gasteiger partial charge in [-0.1, -0.05) is 31.5 Å². The van der Waals surface area contributed by atoms with Crippen molar-refractivity contribution in [1.82, 2.24) is 0 Å². The van der Waals surface area contributed by atoms with Gasteiger partial charge in [0.2, 0.25) is 0 Å². The van der Waals surface area contributed by atoms with Crippen molar-refractivity contribution in [2.45, 2.75) is 33.3 Å². The molecule has 1 atom stereocenters. The van der Waals surface area contributed by atoms with Crippen LogP contribution in [0.25, 0.3) is 0 Å². The van der Waals surface area contributed by atoms with Crippen molar-refractivity contribution in [3.63, 3.8) is 0 Å². The van der Waals surface area contributed by atoms with Gasteiger partial charge in [-0.25, -0.2) is 0 Å². The van der Waals surface area contributed by atoms with E-state index in [4.69, 9.17) is 0 Å². The summed E-state index contributed by atoms with van der Waals surface area (Å²) < 4.78 is 0. The van der Waals surface area contributed by atoms with Gasteiger partial charge in [-0.2, -0.15) is 0 Å². The van der Waals surface area contributed by atoms with Gasteiger partial charge in [0.05, 0.1) is 5.60 Å². The van der Waals surface area contributed by atoms with E-state index in [9.17, 15) is 5.11 Å². The van der Waals surface area contributed by atoms with E-state index >= 15 is 0 Å². The molecule has 1 aromatic rings. The van der Waals surface area contributed by atoms with E-state index in [1.165, 1.54) is 5.56 Å². The molecule has 0 fully saturated rings. The van der Waals surface area contributed by atoms with Gasteiger partial charge in [-0.15, -0.1) is 0 Å². The smallest absolute Gasteiger partial charge is 0.0813 e. The van der Waals surface area contributed by atoms with Crippen molar-refractivity contribution in [3.8, 4) is 0 Å². The van der Waals surface area contributed by atoms with Crippen LogP contribution in [0.3, 0.4) is 0 Å². The number of aliphatic hydroxyl groups is 1. The van der Waals surface area contributed by atoms with Gasteiger partial charge in [0.1, 0.15) is 0 Å². The van der Waals surface area contributed by atoms with Crippen molar-refractivity contribution in [2.24, 2.45) is 5.92 Å². The lowest BCUT2D eigenvalue weighted by atomic mass is 9.92. The van der Waals surface area contributed by atoms with Gasteiger partial charge in [-0.3, -0.25) is 0 Å². The summed E-state index contributed by atoms with van der Waals surface area (Å²) in [6, 6.07) is 8.19. The fourth-order valence-corrected chi connectivity index (χ4v) is 1.16. The number of rotatable bonds is 4. The minimum atomic E-state index is -0.662. The zero-order valence-electron chi connectivity index (χ0n) is 10.0.